The van der Waals surface area contributed by atoms with Gasteiger partial charge in [0.25, 0.3) is 0 Å². The summed E-state index contributed by atoms with van der Waals surface area (Å²) in [4.78, 5) is 11.6. The average Bonchev–Trinajstić information content (AvgIpc) is 2.31. The van der Waals surface area contributed by atoms with E-state index in [0.717, 1.165) is 38.4 Å². The second-order valence-corrected chi connectivity index (χ2v) is 7.11. The predicted molar refractivity (Wildman–Crippen MR) is 79.8 cm³/mol. The van der Waals surface area contributed by atoms with Crippen LogP contribution in [0.15, 0.2) is 0 Å². The Hall–Kier alpha value is -0.810. The first kappa shape index (κ1) is 15.6. The third kappa shape index (κ3) is 5.29. The molecule has 1 saturated heterocycles. The molecule has 1 heterocycles. The SMILES string of the molecule is CC(C)(C)OC(=O)NC1CC(NCC2CCNCC2)C1. The molecular formula is C15H29N3O2. The molecule has 116 valence electrons. The first-order chi connectivity index (χ1) is 9.42. The van der Waals surface area contributed by atoms with E-state index in [4.69, 9.17) is 4.74 Å². The second kappa shape index (κ2) is 6.76. The molecule has 0 aromatic rings. The second-order valence-electron chi connectivity index (χ2n) is 7.11. The van der Waals surface area contributed by atoms with E-state index in [2.05, 4.69) is 16.0 Å². The van der Waals surface area contributed by atoms with Crippen LogP contribution < -0.4 is 16.0 Å². The van der Waals surface area contributed by atoms with Gasteiger partial charge in [0.15, 0.2) is 0 Å². The van der Waals surface area contributed by atoms with Gasteiger partial charge in [0.1, 0.15) is 5.60 Å². The number of amides is 1. The Morgan fingerprint density at radius 3 is 2.45 bits per heavy atom. The molecule has 5 heteroatoms. The Morgan fingerprint density at radius 2 is 1.85 bits per heavy atom. The minimum absolute atomic E-state index is 0.273. The van der Waals surface area contributed by atoms with Gasteiger partial charge in [-0.1, -0.05) is 0 Å². The summed E-state index contributed by atoms with van der Waals surface area (Å²) in [5.74, 6) is 0.814. The van der Waals surface area contributed by atoms with Crippen molar-refractivity contribution in [3.8, 4) is 0 Å². The maximum absolute atomic E-state index is 11.6. The van der Waals surface area contributed by atoms with Crippen LogP contribution in [0.1, 0.15) is 46.5 Å². The van der Waals surface area contributed by atoms with E-state index in [1.54, 1.807) is 0 Å². The molecule has 20 heavy (non-hydrogen) atoms. The molecule has 0 aromatic carbocycles. The summed E-state index contributed by atoms with van der Waals surface area (Å²) in [5.41, 5.74) is -0.416. The van der Waals surface area contributed by atoms with Crippen LogP contribution in [0.4, 0.5) is 4.79 Å². The predicted octanol–water partition coefficient (Wildman–Crippen LogP) is 1.63. The highest BCUT2D eigenvalue weighted by atomic mass is 16.6. The average molecular weight is 283 g/mol. The number of carbonyl (C=O) groups excluding carboxylic acids is 1. The van der Waals surface area contributed by atoms with Crippen molar-refractivity contribution >= 4 is 6.09 Å². The van der Waals surface area contributed by atoms with Gasteiger partial charge in [-0.2, -0.15) is 0 Å². The molecule has 0 spiro atoms. The minimum Gasteiger partial charge on any atom is -0.444 e. The Kier molecular flexibility index (Phi) is 5.27. The molecule has 1 saturated carbocycles. The highest BCUT2D eigenvalue weighted by molar-refractivity contribution is 5.68. The maximum atomic E-state index is 11.6. The molecule has 0 bridgehead atoms. The van der Waals surface area contributed by atoms with E-state index in [1.807, 2.05) is 20.8 Å². The van der Waals surface area contributed by atoms with Crippen molar-refractivity contribution in [3.05, 3.63) is 0 Å². The number of nitrogens with one attached hydrogen (secondary N) is 3. The molecule has 0 unspecified atom stereocenters. The van der Waals surface area contributed by atoms with Gasteiger partial charge in [0, 0.05) is 12.1 Å². The van der Waals surface area contributed by atoms with Gasteiger partial charge in [-0.05, 0) is 72.0 Å². The van der Waals surface area contributed by atoms with E-state index in [1.165, 1.54) is 12.8 Å². The number of hydrogen-bond acceptors (Lipinski definition) is 4. The number of piperidine rings is 1. The van der Waals surface area contributed by atoms with Crippen molar-refractivity contribution in [2.24, 2.45) is 5.92 Å². The number of carbonyl (C=O) groups is 1. The van der Waals surface area contributed by atoms with Gasteiger partial charge in [0.05, 0.1) is 0 Å². The maximum Gasteiger partial charge on any atom is 0.407 e. The van der Waals surface area contributed by atoms with Crippen molar-refractivity contribution in [1.29, 1.82) is 0 Å². The lowest BCUT2D eigenvalue weighted by molar-refractivity contribution is 0.0464. The lowest BCUT2D eigenvalue weighted by atomic mass is 9.86. The fraction of sp³-hybridized carbons (Fsp3) is 0.933. The zero-order chi connectivity index (χ0) is 14.6. The molecule has 1 aliphatic heterocycles. The Bertz CT molecular complexity index is 316. The smallest absolute Gasteiger partial charge is 0.407 e. The quantitative estimate of drug-likeness (QED) is 0.734. The first-order valence-electron chi connectivity index (χ1n) is 7.86. The van der Waals surface area contributed by atoms with Crippen LogP contribution >= 0.6 is 0 Å². The normalized spacial score (nSPS) is 27.8. The Morgan fingerprint density at radius 1 is 1.20 bits per heavy atom. The van der Waals surface area contributed by atoms with Crippen molar-refractivity contribution < 1.29 is 9.53 Å². The van der Waals surface area contributed by atoms with Crippen LogP contribution in [-0.2, 0) is 4.74 Å². The van der Waals surface area contributed by atoms with Gasteiger partial charge in [0.2, 0.25) is 0 Å². The molecule has 0 radical (unpaired) electrons. The molecule has 5 nitrogen and oxygen atoms in total. The summed E-state index contributed by atoms with van der Waals surface area (Å²) in [6.07, 6.45) is 4.30. The molecule has 2 fully saturated rings. The molecule has 0 atom stereocenters. The van der Waals surface area contributed by atoms with Crippen LogP contribution in [0.25, 0.3) is 0 Å². The van der Waals surface area contributed by atoms with Crippen molar-refractivity contribution in [1.82, 2.24) is 16.0 Å². The zero-order valence-corrected chi connectivity index (χ0v) is 13.0. The summed E-state index contributed by atoms with van der Waals surface area (Å²) in [6.45, 7) is 9.08. The standard InChI is InChI=1S/C15H29N3O2/c1-15(2,3)20-14(19)18-13-8-12(9-13)17-10-11-4-6-16-7-5-11/h11-13,16-17H,4-10H2,1-3H3,(H,18,19). The number of alkyl carbamates (subject to hydrolysis) is 1. The molecular weight excluding hydrogens is 254 g/mol. The fourth-order valence-electron chi connectivity index (χ4n) is 2.80. The van der Waals surface area contributed by atoms with E-state index >= 15 is 0 Å². The first-order valence-corrected chi connectivity index (χ1v) is 7.86. The van der Waals surface area contributed by atoms with Gasteiger partial charge < -0.3 is 20.7 Å². The van der Waals surface area contributed by atoms with Crippen LogP contribution in [-0.4, -0.2) is 43.4 Å². The largest absolute Gasteiger partial charge is 0.444 e. The van der Waals surface area contributed by atoms with Gasteiger partial charge in [-0.15, -0.1) is 0 Å². The number of ether oxygens (including phenoxy) is 1. The van der Waals surface area contributed by atoms with Crippen LogP contribution in [0, 0.1) is 5.92 Å². The Labute approximate surface area is 122 Å². The van der Waals surface area contributed by atoms with E-state index in [0.29, 0.717) is 6.04 Å². The van der Waals surface area contributed by atoms with Crippen LogP contribution in [0.5, 0.6) is 0 Å². The molecule has 1 aliphatic carbocycles. The zero-order valence-electron chi connectivity index (χ0n) is 13.0. The monoisotopic (exact) mass is 283 g/mol. The van der Waals surface area contributed by atoms with Crippen molar-refractivity contribution in [2.75, 3.05) is 19.6 Å². The molecule has 2 aliphatic rings. The van der Waals surface area contributed by atoms with Crippen molar-refractivity contribution in [3.63, 3.8) is 0 Å². The summed E-state index contributed by atoms with van der Waals surface area (Å²) in [6, 6.07) is 0.834. The van der Waals surface area contributed by atoms with Crippen molar-refractivity contribution in [2.45, 2.75) is 64.1 Å². The molecule has 2 rings (SSSR count). The van der Waals surface area contributed by atoms with E-state index in [-0.39, 0.29) is 12.1 Å². The lowest BCUT2D eigenvalue weighted by Gasteiger charge is -2.38. The summed E-state index contributed by atoms with van der Waals surface area (Å²) in [7, 11) is 0. The van der Waals surface area contributed by atoms with Gasteiger partial charge >= 0.3 is 6.09 Å². The fourth-order valence-corrected chi connectivity index (χ4v) is 2.80. The van der Waals surface area contributed by atoms with Gasteiger partial charge in [-0.3, -0.25) is 0 Å². The summed E-state index contributed by atoms with van der Waals surface area (Å²) >= 11 is 0. The Balaban J connectivity index is 1.54. The third-order valence-electron chi connectivity index (χ3n) is 4.01. The van der Waals surface area contributed by atoms with Crippen LogP contribution in [0.3, 0.4) is 0 Å². The number of hydrogen-bond donors (Lipinski definition) is 3. The molecule has 1 amide bonds. The highest BCUT2D eigenvalue weighted by Crippen LogP contribution is 2.21. The molecule has 3 N–H and O–H groups in total. The highest BCUT2D eigenvalue weighted by Gasteiger charge is 2.31. The summed E-state index contributed by atoms with van der Waals surface area (Å²) < 4.78 is 5.26. The third-order valence-corrected chi connectivity index (χ3v) is 4.01. The van der Waals surface area contributed by atoms with Crippen LogP contribution in [0.2, 0.25) is 0 Å². The number of rotatable bonds is 4. The summed E-state index contributed by atoms with van der Waals surface area (Å²) in [5, 5.41) is 9.94. The van der Waals surface area contributed by atoms with E-state index < -0.39 is 5.60 Å². The van der Waals surface area contributed by atoms with E-state index in [9.17, 15) is 4.79 Å². The minimum atomic E-state index is -0.416. The topological polar surface area (TPSA) is 62.4 Å². The van der Waals surface area contributed by atoms with Gasteiger partial charge in [-0.25, -0.2) is 4.79 Å². The molecule has 0 aromatic heterocycles. The lowest BCUT2D eigenvalue weighted by Crippen LogP contribution is -2.54.